The first-order valence-electron chi connectivity index (χ1n) is 14.9. The molecule has 0 aliphatic carbocycles. The van der Waals surface area contributed by atoms with Crippen LogP contribution in [0.15, 0.2) is 42.7 Å². The number of fused-ring (bicyclic) bond motifs is 2. The van der Waals surface area contributed by atoms with Crippen LogP contribution in [-0.4, -0.2) is 85.4 Å². The van der Waals surface area contributed by atoms with Gasteiger partial charge in [0.25, 0.3) is 11.8 Å². The summed E-state index contributed by atoms with van der Waals surface area (Å²) in [6.07, 6.45) is 1.38. The number of hydrogen-bond acceptors (Lipinski definition) is 12. The molecule has 0 radical (unpaired) electrons. The zero-order chi connectivity index (χ0) is 33.2. The van der Waals surface area contributed by atoms with Crippen LogP contribution in [-0.2, 0) is 4.74 Å². The van der Waals surface area contributed by atoms with Crippen molar-refractivity contribution in [3.8, 4) is 22.3 Å². The number of likely N-dealkylation sites (tertiary alicyclic amines) is 1. The number of carbonyl (C=O) groups is 2. The van der Waals surface area contributed by atoms with E-state index in [1.165, 1.54) is 49.0 Å². The van der Waals surface area contributed by atoms with E-state index in [0.717, 1.165) is 17.5 Å². The molecule has 5 aromatic rings. The van der Waals surface area contributed by atoms with E-state index in [1.54, 1.807) is 18.7 Å². The maximum absolute atomic E-state index is 15.1. The second kappa shape index (κ2) is 13.4. The predicted molar refractivity (Wildman–Crippen MR) is 172 cm³/mol. The van der Waals surface area contributed by atoms with Crippen molar-refractivity contribution in [3.63, 3.8) is 0 Å². The van der Waals surface area contributed by atoms with Crippen LogP contribution in [0.3, 0.4) is 0 Å². The Morgan fingerprint density at radius 2 is 1.91 bits per heavy atom. The molecule has 1 aromatic carbocycles. The summed E-state index contributed by atoms with van der Waals surface area (Å²) in [7, 11) is 1.52. The molecule has 244 valence electrons. The summed E-state index contributed by atoms with van der Waals surface area (Å²) >= 11 is 1.26. The molecule has 4 aromatic heterocycles. The molecular formula is C32H32FN7O6S. The van der Waals surface area contributed by atoms with E-state index in [-0.39, 0.29) is 24.0 Å². The predicted octanol–water partition coefficient (Wildman–Crippen LogP) is 5.15. The quantitative estimate of drug-likeness (QED) is 0.226. The van der Waals surface area contributed by atoms with Gasteiger partial charge in [-0.25, -0.2) is 29.1 Å². The topological polar surface area (TPSA) is 162 Å². The third kappa shape index (κ3) is 7.05. The number of rotatable bonds is 8. The molecule has 47 heavy (non-hydrogen) atoms. The molecule has 0 saturated carbocycles. The summed E-state index contributed by atoms with van der Waals surface area (Å²) in [5, 5.41) is 13.0. The highest BCUT2D eigenvalue weighted by atomic mass is 32.1. The number of carbonyl (C=O) groups excluding carboxylic acids is 2. The minimum absolute atomic E-state index is 0.203. The number of β-amino-alcohol motifs (C(OH)–C–C–N with tert-alkyl or cyclic N) is 1. The number of pyridine rings is 2. The minimum atomic E-state index is -0.794. The van der Waals surface area contributed by atoms with Crippen molar-refractivity contribution in [2.24, 2.45) is 0 Å². The number of thiazole rings is 1. The summed E-state index contributed by atoms with van der Waals surface area (Å²) in [5.41, 5.74) is 3.83. The Morgan fingerprint density at radius 3 is 2.66 bits per heavy atom. The van der Waals surface area contributed by atoms with Gasteiger partial charge in [-0.3, -0.25) is 10.1 Å². The fourth-order valence-electron chi connectivity index (χ4n) is 5.11. The molecule has 13 nitrogen and oxygen atoms in total. The lowest BCUT2D eigenvalue weighted by Crippen LogP contribution is -2.42. The number of nitrogens with one attached hydrogen (secondary N) is 1. The number of methoxy groups -OCH3 is 1. The van der Waals surface area contributed by atoms with Gasteiger partial charge in [-0.15, -0.1) is 0 Å². The molecule has 15 heteroatoms. The molecule has 0 spiro atoms. The maximum Gasteiger partial charge on any atom is 0.412 e. The summed E-state index contributed by atoms with van der Waals surface area (Å²) < 4.78 is 31.5. The van der Waals surface area contributed by atoms with E-state index < -0.39 is 30.2 Å². The number of amides is 2. The molecule has 1 aliphatic rings. The Hall–Kier alpha value is -5.02. The van der Waals surface area contributed by atoms with Gasteiger partial charge in [-0.05, 0) is 63.4 Å². The Kier molecular flexibility index (Phi) is 9.09. The van der Waals surface area contributed by atoms with E-state index in [1.807, 2.05) is 19.1 Å². The number of nitrogens with zero attached hydrogens (tertiary/aromatic N) is 6. The van der Waals surface area contributed by atoms with Crippen molar-refractivity contribution >= 4 is 50.4 Å². The second-order valence-electron chi connectivity index (χ2n) is 11.2. The van der Waals surface area contributed by atoms with Crippen LogP contribution in [0.25, 0.3) is 32.0 Å². The highest BCUT2D eigenvalue weighted by molar-refractivity contribution is 7.21. The molecule has 2 N–H and O–H groups in total. The number of ether oxygens (including phenoxy) is 3. The van der Waals surface area contributed by atoms with Gasteiger partial charge >= 0.3 is 6.09 Å². The summed E-state index contributed by atoms with van der Waals surface area (Å²) in [6.45, 7) is 5.99. The molecule has 0 bridgehead atoms. The van der Waals surface area contributed by atoms with Gasteiger partial charge in [0.05, 0.1) is 42.3 Å². The monoisotopic (exact) mass is 661 g/mol. The van der Waals surface area contributed by atoms with Crippen LogP contribution in [0.2, 0.25) is 0 Å². The number of aryl methyl sites for hydroxylation is 1. The zero-order valence-corrected chi connectivity index (χ0v) is 26.9. The average Bonchev–Trinajstić information content (AvgIpc) is 3.46. The van der Waals surface area contributed by atoms with E-state index in [0.29, 0.717) is 50.9 Å². The number of hydrogen-bond donors (Lipinski definition) is 2. The molecule has 6 rings (SSSR count). The molecule has 3 atom stereocenters. The van der Waals surface area contributed by atoms with Gasteiger partial charge in [-0.2, -0.15) is 4.98 Å². The molecule has 1 aliphatic heterocycles. The van der Waals surface area contributed by atoms with Crippen LogP contribution in [0.5, 0.6) is 11.8 Å². The highest BCUT2D eigenvalue weighted by Gasteiger charge is 2.25. The first-order valence-corrected chi connectivity index (χ1v) is 15.8. The van der Waals surface area contributed by atoms with E-state index in [4.69, 9.17) is 14.2 Å². The SMILES string of the molecule is COc1cnc2c(-c3nc4cc(F)c(O[C@@H](C)[C@@H](C)OC(=O)Nc5ccc(C(=O)N6CCCC(O)C6)nc5)nc4s3)cc(C)cc2n1. The lowest BCUT2D eigenvalue weighted by molar-refractivity contribution is 0.0379. The maximum atomic E-state index is 15.1. The molecule has 1 saturated heterocycles. The first-order chi connectivity index (χ1) is 22.6. The number of halogens is 1. The van der Waals surface area contributed by atoms with Crippen LogP contribution < -0.4 is 14.8 Å². The van der Waals surface area contributed by atoms with Crippen molar-refractivity contribution in [3.05, 3.63) is 59.8 Å². The lowest BCUT2D eigenvalue weighted by Gasteiger charge is -2.29. The van der Waals surface area contributed by atoms with E-state index in [2.05, 4.69) is 30.2 Å². The number of piperidine rings is 1. The Labute approximate surface area is 272 Å². The number of anilines is 1. The molecule has 2 amide bonds. The number of aliphatic hydroxyl groups excluding tert-OH is 1. The molecule has 1 fully saturated rings. The number of aromatic nitrogens is 5. The van der Waals surface area contributed by atoms with Crippen LogP contribution in [0.1, 0.15) is 42.7 Å². The highest BCUT2D eigenvalue weighted by Crippen LogP contribution is 2.35. The average molecular weight is 662 g/mol. The first kappa shape index (κ1) is 31.9. The fraction of sp³-hybridized carbons (Fsp3) is 0.344. The third-order valence-electron chi connectivity index (χ3n) is 7.68. The van der Waals surface area contributed by atoms with E-state index in [9.17, 15) is 14.7 Å². The Morgan fingerprint density at radius 1 is 1.09 bits per heavy atom. The zero-order valence-electron chi connectivity index (χ0n) is 26.1. The van der Waals surface area contributed by atoms with Crippen LogP contribution >= 0.6 is 11.3 Å². The summed E-state index contributed by atoms with van der Waals surface area (Å²) in [5.74, 6) is -0.856. The van der Waals surface area contributed by atoms with E-state index >= 15 is 4.39 Å². The van der Waals surface area contributed by atoms with Crippen molar-refractivity contribution in [2.45, 2.75) is 51.9 Å². The lowest BCUT2D eigenvalue weighted by atomic mass is 10.1. The smallest absolute Gasteiger partial charge is 0.412 e. The van der Waals surface area contributed by atoms with Gasteiger partial charge < -0.3 is 24.2 Å². The summed E-state index contributed by atoms with van der Waals surface area (Å²) in [4.78, 5) is 49.4. The second-order valence-corrected chi connectivity index (χ2v) is 12.2. The van der Waals surface area contributed by atoms with Crippen LogP contribution in [0, 0.1) is 12.7 Å². The number of benzene rings is 1. The van der Waals surface area contributed by atoms with Crippen LogP contribution in [0.4, 0.5) is 14.9 Å². The van der Waals surface area contributed by atoms with Gasteiger partial charge in [0.1, 0.15) is 33.3 Å². The normalized spacial score (nSPS) is 16.1. The standard InChI is InChI=1S/C32H32FN7O6S/c1-16-10-21(27-24(11-16)37-26(44-4)14-35-27)29-38-25-12-22(33)28(39-30(25)47-29)45-17(2)18(3)46-32(43)36-19-7-8-23(34-13-19)31(42)40-9-5-6-20(41)15-40/h7-8,10-14,17-18,20,41H,5-6,9,15H2,1-4H3,(H,36,43)/t17-,18+,20?/m0/s1. The van der Waals surface area contributed by atoms with Gasteiger partial charge in [-0.1, -0.05) is 11.3 Å². The molecule has 1 unspecified atom stereocenters. The van der Waals surface area contributed by atoms with Crippen molar-refractivity contribution in [1.82, 2.24) is 29.8 Å². The Balaban J connectivity index is 1.10. The number of aliphatic hydroxyl groups is 1. The van der Waals surface area contributed by atoms with Gasteiger partial charge in [0, 0.05) is 24.7 Å². The fourth-order valence-corrected chi connectivity index (χ4v) is 6.04. The van der Waals surface area contributed by atoms with Crippen molar-refractivity contribution in [2.75, 3.05) is 25.5 Å². The molecular weight excluding hydrogens is 629 g/mol. The third-order valence-corrected chi connectivity index (χ3v) is 8.68. The van der Waals surface area contributed by atoms with Crippen molar-refractivity contribution in [1.29, 1.82) is 0 Å². The van der Waals surface area contributed by atoms with Gasteiger partial charge in [0.2, 0.25) is 5.88 Å². The van der Waals surface area contributed by atoms with Gasteiger partial charge in [0.15, 0.2) is 5.82 Å². The minimum Gasteiger partial charge on any atom is -0.480 e. The van der Waals surface area contributed by atoms with Crippen molar-refractivity contribution < 1.29 is 33.3 Å². The molecule has 5 heterocycles. The largest absolute Gasteiger partial charge is 0.480 e. The Bertz CT molecular complexity index is 1960. The summed E-state index contributed by atoms with van der Waals surface area (Å²) in [6, 6.07) is 8.12.